The van der Waals surface area contributed by atoms with E-state index in [0.717, 1.165) is 47.3 Å². The van der Waals surface area contributed by atoms with Gasteiger partial charge in [-0.3, -0.25) is 0 Å². The predicted octanol–water partition coefficient (Wildman–Crippen LogP) is 15.7. The highest BCUT2D eigenvalue weighted by Crippen LogP contribution is 2.88. The maximum Gasteiger partial charge on any atom is 0.00471 e. The Bertz CT molecular complexity index is 1720. The van der Waals surface area contributed by atoms with Crippen LogP contribution in [0, 0.1) is 104 Å². The summed E-state index contributed by atoms with van der Waals surface area (Å²) in [7, 11) is 0. The number of hydrogen-bond donors (Lipinski definition) is 0. The largest absolute Gasteiger partial charge is 0.0852 e. The fourth-order valence-electron chi connectivity index (χ4n) is 17.9. The molecular formula is C56H82. The van der Waals surface area contributed by atoms with Crippen LogP contribution in [0.5, 0.6) is 0 Å². The Balaban J connectivity index is 1.10. The Morgan fingerprint density at radius 3 is 1.25 bits per heavy atom. The summed E-state index contributed by atoms with van der Waals surface area (Å²) in [6.45, 7) is 30.7. The lowest BCUT2D eigenvalue weighted by Gasteiger charge is -2.57. The van der Waals surface area contributed by atoms with Crippen LogP contribution < -0.4 is 0 Å². The third-order valence-corrected chi connectivity index (χ3v) is 22.2. The molecule has 0 aromatic heterocycles. The summed E-state index contributed by atoms with van der Waals surface area (Å²) in [6, 6.07) is 0. The Labute approximate surface area is 345 Å². The third-order valence-electron chi connectivity index (χ3n) is 22.2. The fraction of sp³-hybridized carbons (Fsp3) is 0.786. The van der Waals surface area contributed by atoms with Crippen molar-refractivity contribution in [3.8, 4) is 0 Å². The number of rotatable bonds is 9. The Kier molecular flexibility index (Phi) is 8.62. The van der Waals surface area contributed by atoms with E-state index < -0.39 is 0 Å². The Hall–Kier alpha value is -1.56. The van der Waals surface area contributed by atoms with Gasteiger partial charge in [-0.15, -0.1) is 0 Å². The average Bonchev–Trinajstić information content (AvgIpc) is 3.88. The lowest BCUT2D eigenvalue weighted by molar-refractivity contribution is 0.0690. The first-order valence-electron chi connectivity index (χ1n) is 24.8. The smallest absolute Gasteiger partial charge is 0.00471 e. The molecule has 10 rings (SSSR count). The van der Waals surface area contributed by atoms with Crippen LogP contribution in [0.1, 0.15) is 173 Å². The van der Waals surface area contributed by atoms with Gasteiger partial charge in [-0.05, 0) is 205 Å². The quantitative estimate of drug-likeness (QED) is 0.206. The van der Waals surface area contributed by atoms with Crippen molar-refractivity contribution in [2.75, 3.05) is 0 Å². The first-order valence-corrected chi connectivity index (χ1v) is 24.8. The van der Waals surface area contributed by atoms with E-state index in [0.29, 0.717) is 56.2 Å². The summed E-state index contributed by atoms with van der Waals surface area (Å²) in [4.78, 5) is 0. The lowest BCUT2D eigenvalue weighted by atomic mass is 9.47. The van der Waals surface area contributed by atoms with Gasteiger partial charge in [0.2, 0.25) is 0 Å². The second-order valence-electron chi connectivity index (χ2n) is 24.6. The molecule has 0 N–H and O–H groups in total. The van der Waals surface area contributed by atoms with Gasteiger partial charge in [-0.2, -0.15) is 0 Å². The molecule has 0 nitrogen and oxygen atoms in total. The van der Waals surface area contributed by atoms with Gasteiger partial charge < -0.3 is 0 Å². The minimum Gasteiger partial charge on any atom is -0.0852 e. The van der Waals surface area contributed by atoms with Crippen LogP contribution in [0.25, 0.3) is 0 Å². The van der Waals surface area contributed by atoms with Gasteiger partial charge in [0.05, 0.1) is 0 Å². The zero-order valence-corrected chi connectivity index (χ0v) is 38.3. The minimum absolute atomic E-state index is 0.363. The molecule has 6 saturated carbocycles. The highest BCUT2D eigenvalue weighted by molar-refractivity contribution is 5.64. The minimum atomic E-state index is 0.363. The molecular weight excluding hydrogens is 673 g/mol. The second-order valence-corrected chi connectivity index (χ2v) is 24.6. The Morgan fingerprint density at radius 2 is 0.893 bits per heavy atom. The van der Waals surface area contributed by atoms with Crippen molar-refractivity contribution in [1.29, 1.82) is 0 Å². The molecule has 56 heavy (non-hydrogen) atoms. The van der Waals surface area contributed by atoms with Crippen LogP contribution in [-0.4, -0.2) is 0 Å². The summed E-state index contributed by atoms with van der Waals surface area (Å²) < 4.78 is 0. The van der Waals surface area contributed by atoms with E-state index in [2.05, 4.69) is 120 Å². The van der Waals surface area contributed by atoms with Crippen LogP contribution >= 0.6 is 0 Å². The highest BCUT2D eigenvalue weighted by atomic mass is 14.8. The van der Waals surface area contributed by atoms with Crippen molar-refractivity contribution < 1.29 is 0 Å². The van der Waals surface area contributed by atoms with Gasteiger partial charge >= 0.3 is 0 Å². The van der Waals surface area contributed by atoms with Gasteiger partial charge in [0.1, 0.15) is 0 Å². The van der Waals surface area contributed by atoms with E-state index in [1.165, 1.54) is 89.9 Å². The van der Waals surface area contributed by atoms with Crippen LogP contribution in [0.4, 0.5) is 0 Å². The van der Waals surface area contributed by atoms with Crippen LogP contribution in [-0.2, 0) is 0 Å². The zero-order chi connectivity index (χ0) is 39.5. The summed E-state index contributed by atoms with van der Waals surface area (Å²) in [5.41, 5.74) is 14.1. The average molecular weight is 755 g/mol. The lowest BCUT2D eigenvalue weighted by Crippen LogP contribution is -2.48. The molecule has 0 heteroatoms. The number of fused-ring (bicyclic) bond motifs is 6. The molecule has 6 fully saturated rings. The van der Waals surface area contributed by atoms with E-state index in [-0.39, 0.29) is 0 Å². The summed E-state index contributed by atoms with van der Waals surface area (Å²) >= 11 is 0. The third kappa shape index (κ3) is 4.78. The van der Waals surface area contributed by atoms with Crippen molar-refractivity contribution in [1.82, 2.24) is 0 Å². The molecule has 0 aromatic carbocycles. The first-order chi connectivity index (χ1) is 26.5. The summed E-state index contributed by atoms with van der Waals surface area (Å²) in [5.74, 6) is 9.11. The van der Waals surface area contributed by atoms with Crippen LogP contribution in [0.3, 0.4) is 0 Å². The molecule has 10 aliphatic rings. The van der Waals surface area contributed by atoms with E-state index in [9.17, 15) is 0 Å². The monoisotopic (exact) mass is 755 g/mol. The summed E-state index contributed by atoms with van der Waals surface area (Å²) in [5, 5.41) is 0. The normalized spacial score (nSPS) is 49.2. The maximum absolute atomic E-state index is 3.04. The molecule has 2 spiro atoms. The van der Waals surface area contributed by atoms with Gasteiger partial charge in [-0.25, -0.2) is 0 Å². The van der Waals surface area contributed by atoms with Crippen molar-refractivity contribution in [2.45, 2.75) is 173 Å². The molecule has 0 amide bonds. The van der Waals surface area contributed by atoms with Gasteiger partial charge in [0.25, 0.3) is 0 Å². The molecule has 0 radical (unpaired) electrons. The second kappa shape index (κ2) is 12.5. The molecule has 0 bridgehead atoms. The predicted molar refractivity (Wildman–Crippen MR) is 238 cm³/mol. The van der Waals surface area contributed by atoms with E-state index >= 15 is 0 Å². The molecule has 0 aliphatic heterocycles. The number of allylic oxidation sites excluding steroid dienone is 12. The van der Waals surface area contributed by atoms with Crippen LogP contribution in [0.2, 0.25) is 0 Å². The molecule has 306 valence electrons. The van der Waals surface area contributed by atoms with E-state index in [4.69, 9.17) is 0 Å². The fourth-order valence-corrected chi connectivity index (χ4v) is 17.9. The standard InChI is InChI=1S/C56H82/c1-33(2)35(5)13-15-37(7)43-17-19-45-41-29-49(55-31-39(55)21-27-53(55,11)47(41)23-25-51(43,45)9)50-30-42-46-20-18-44(38(8)16-14-36(6)34(3)4)52(46,10)26-24-48(42)54(12)28-22-40-32-56(40,50)54/h13-16,29-30,33-40,43-44,47-48H,17-28,31-32H2,1-12H3/t35-,36-,37+,38+,39+,40+,43+,44+,47-,48-,51+,52+,53+,54+,55-,56-/m0/s1. The van der Waals surface area contributed by atoms with Gasteiger partial charge in [0, 0.05) is 10.8 Å². The Morgan fingerprint density at radius 1 is 0.500 bits per heavy atom. The molecule has 16 atom stereocenters. The SMILES string of the molecule is CC(C)[C@@H](C)C=C[C@@H](C)[C@H]1CCC2=C3C=C(C4=CC5=C6CC[C@H]([C@H](C)C=C[C@H](C)C(C)C)[C@@]6(C)CC[C@@H]5[C@@]5(C)CC[C@@H]6C[C@@]465)[C@]45C[C@H]4CC[C@]5(C)[C@H]3CC[C@@]21C. The van der Waals surface area contributed by atoms with E-state index in [1.807, 2.05) is 33.4 Å². The zero-order valence-electron chi connectivity index (χ0n) is 38.3. The molecule has 0 saturated heterocycles. The molecule has 0 heterocycles. The van der Waals surface area contributed by atoms with Gasteiger partial charge in [-0.1, -0.05) is 131 Å². The number of hydrogen-bond acceptors (Lipinski definition) is 0. The van der Waals surface area contributed by atoms with Crippen molar-refractivity contribution in [2.24, 2.45) is 104 Å². The van der Waals surface area contributed by atoms with Crippen molar-refractivity contribution in [3.63, 3.8) is 0 Å². The molecule has 0 unspecified atom stereocenters. The highest BCUT2D eigenvalue weighted by Gasteiger charge is 2.79. The maximum atomic E-state index is 3.04. The van der Waals surface area contributed by atoms with Crippen LogP contribution in [0.15, 0.2) is 69.9 Å². The van der Waals surface area contributed by atoms with Crippen molar-refractivity contribution >= 4 is 0 Å². The van der Waals surface area contributed by atoms with E-state index in [1.54, 1.807) is 0 Å². The first kappa shape index (κ1) is 38.6. The summed E-state index contributed by atoms with van der Waals surface area (Å²) in [6.07, 6.45) is 36.6. The molecule has 0 aromatic rings. The molecule has 10 aliphatic carbocycles. The van der Waals surface area contributed by atoms with Crippen molar-refractivity contribution in [3.05, 3.63) is 69.9 Å². The topological polar surface area (TPSA) is 0 Å². The van der Waals surface area contributed by atoms with Gasteiger partial charge in [0.15, 0.2) is 0 Å².